The third kappa shape index (κ3) is 4.01. The molecule has 0 bridgehead atoms. The van der Waals surface area contributed by atoms with Crippen molar-refractivity contribution in [2.24, 2.45) is 11.8 Å². The Morgan fingerprint density at radius 2 is 2.07 bits per heavy atom. The predicted octanol–water partition coefficient (Wildman–Crippen LogP) is 1.32. The molecular formula is C17H22N4O5S2. The molecule has 0 spiro atoms. The molecule has 0 radical (unpaired) electrons. The number of carboxylic acid groups (broad SMARTS) is 1. The van der Waals surface area contributed by atoms with Crippen molar-refractivity contribution in [2.75, 3.05) is 13.1 Å². The largest absolute Gasteiger partial charge is 0.480 e. The summed E-state index contributed by atoms with van der Waals surface area (Å²) in [6.45, 7) is 3.72. The summed E-state index contributed by atoms with van der Waals surface area (Å²) in [6, 6.07) is 3.80. The zero-order valence-electron chi connectivity index (χ0n) is 15.5. The van der Waals surface area contributed by atoms with Gasteiger partial charge in [0.25, 0.3) is 0 Å². The number of piperidine rings is 1. The fraction of sp³-hybridized carbons (Fsp3) is 0.529. The summed E-state index contributed by atoms with van der Waals surface area (Å²) in [7, 11) is -3.84. The van der Waals surface area contributed by atoms with Crippen LogP contribution in [0.2, 0.25) is 0 Å². The van der Waals surface area contributed by atoms with Gasteiger partial charge in [-0.05, 0) is 30.9 Å². The molecule has 2 aromatic rings. The van der Waals surface area contributed by atoms with E-state index < -0.39 is 33.9 Å². The SMILES string of the molecule is CC(C)[C@H](NC(=O)[C@@H]1CCCN(S(=O)(=O)c2cccc3nsnc23)C1)C(=O)O. The lowest BCUT2D eigenvalue weighted by molar-refractivity contribution is -0.144. The number of aliphatic carboxylic acids is 1. The van der Waals surface area contributed by atoms with Crippen LogP contribution >= 0.6 is 11.7 Å². The minimum absolute atomic E-state index is 0.00650. The molecule has 1 fully saturated rings. The fourth-order valence-electron chi connectivity index (χ4n) is 3.29. The Balaban J connectivity index is 1.80. The molecule has 1 saturated heterocycles. The van der Waals surface area contributed by atoms with Crippen molar-refractivity contribution >= 4 is 44.7 Å². The number of nitrogens with one attached hydrogen (secondary N) is 1. The molecule has 1 aliphatic heterocycles. The highest BCUT2D eigenvalue weighted by atomic mass is 32.2. The number of carbonyl (C=O) groups excluding carboxylic acids is 1. The van der Waals surface area contributed by atoms with Crippen LogP contribution in [0.4, 0.5) is 0 Å². The van der Waals surface area contributed by atoms with Crippen molar-refractivity contribution in [3.8, 4) is 0 Å². The van der Waals surface area contributed by atoms with Crippen LogP contribution in [-0.4, -0.2) is 57.6 Å². The summed E-state index contributed by atoms with van der Waals surface area (Å²) in [5.74, 6) is -2.42. The van der Waals surface area contributed by atoms with E-state index in [0.717, 1.165) is 11.7 Å². The van der Waals surface area contributed by atoms with Gasteiger partial charge in [0, 0.05) is 13.1 Å². The first-order valence-corrected chi connectivity index (χ1v) is 11.1. The zero-order chi connectivity index (χ0) is 20.5. The van der Waals surface area contributed by atoms with Crippen LogP contribution in [0.1, 0.15) is 26.7 Å². The average molecular weight is 427 g/mol. The van der Waals surface area contributed by atoms with E-state index in [-0.39, 0.29) is 17.4 Å². The number of fused-ring (bicyclic) bond motifs is 1. The van der Waals surface area contributed by atoms with E-state index in [9.17, 15) is 23.1 Å². The standard InChI is InChI=1S/C17H22N4O5S2/c1-10(2)14(17(23)24)18-16(22)11-5-4-8-21(9-11)28(25,26)13-7-3-6-12-15(13)20-27-19-12/h3,6-7,10-11,14H,4-5,8-9H2,1-2H3,(H,18,22)(H,23,24)/t11-,14+/m1/s1. The monoisotopic (exact) mass is 426 g/mol. The maximum Gasteiger partial charge on any atom is 0.326 e. The van der Waals surface area contributed by atoms with E-state index >= 15 is 0 Å². The van der Waals surface area contributed by atoms with E-state index in [0.29, 0.717) is 30.4 Å². The van der Waals surface area contributed by atoms with E-state index in [1.807, 2.05) is 0 Å². The van der Waals surface area contributed by atoms with E-state index in [1.54, 1.807) is 26.0 Å². The third-order valence-electron chi connectivity index (χ3n) is 4.85. The number of hydrogen-bond donors (Lipinski definition) is 2. The smallest absolute Gasteiger partial charge is 0.326 e. The van der Waals surface area contributed by atoms with E-state index in [4.69, 9.17) is 0 Å². The van der Waals surface area contributed by atoms with E-state index in [1.165, 1.54) is 10.4 Å². The molecule has 11 heteroatoms. The molecule has 2 N–H and O–H groups in total. The van der Waals surface area contributed by atoms with Gasteiger partial charge in [-0.25, -0.2) is 13.2 Å². The number of nitrogens with zero attached hydrogens (tertiary/aromatic N) is 3. The zero-order valence-corrected chi connectivity index (χ0v) is 17.2. The first kappa shape index (κ1) is 20.6. The normalized spacial score (nSPS) is 19.6. The van der Waals surface area contributed by atoms with Crippen molar-refractivity contribution in [2.45, 2.75) is 37.6 Å². The molecule has 2 atom stereocenters. The molecule has 0 saturated carbocycles. The number of aromatic nitrogens is 2. The van der Waals surface area contributed by atoms with Gasteiger partial charge in [0.05, 0.1) is 17.6 Å². The number of amides is 1. The molecule has 2 heterocycles. The number of carboxylic acids is 1. The van der Waals surface area contributed by atoms with Crippen LogP contribution in [0.5, 0.6) is 0 Å². The lowest BCUT2D eigenvalue weighted by atomic mass is 9.97. The topological polar surface area (TPSA) is 130 Å². The predicted molar refractivity (Wildman–Crippen MR) is 103 cm³/mol. The first-order valence-electron chi connectivity index (χ1n) is 8.96. The molecule has 1 amide bonds. The van der Waals surface area contributed by atoms with Crippen molar-refractivity contribution in [1.29, 1.82) is 0 Å². The molecule has 28 heavy (non-hydrogen) atoms. The Hall–Kier alpha value is -2.11. The van der Waals surface area contributed by atoms with Crippen LogP contribution in [-0.2, 0) is 19.6 Å². The molecule has 152 valence electrons. The van der Waals surface area contributed by atoms with Crippen LogP contribution in [0, 0.1) is 11.8 Å². The lowest BCUT2D eigenvalue weighted by Crippen LogP contribution is -2.50. The highest BCUT2D eigenvalue weighted by Gasteiger charge is 2.36. The molecule has 1 aliphatic rings. The minimum Gasteiger partial charge on any atom is -0.480 e. The number of benzene rings is 1. The van der Waals surface area contributed by atoms with Gasteiger partial charge in [-0.15, -0.1) is 0 Å². The molecule has 1 aromatic carbocycles. The maximum atomic E-state index is 13.1. The second-order valence-electron chi connectivity index (χ2n) is 7.16. The summed E-state index contributed by atoms with van der Waals surface area (Å²) in [5, 5.41) is 11.8. The summed E-state index contributed by atoms with van der Waals surface area (Å²) in [6.07, 6.45) is 1.02. The molecule has 0 unspecified atom stereocenters. The van der Waals surface area contributed by atoms with Crippen LogP contribution < -0.4 is 5.32 Å². The van der Waals surface area contributed by atoms with Gasteiger partial charge in [-0.3, -0.25) is 4.79 Å². The summed E-state index contributed by atoms with van der Waals surface area (Å²) < 4.78 is 35.7. The molecule has 1 aromatic heterocycles. The first-order chi connectivity index (χ1) is 13.2. The Kier molecular flexibility index (Phi) is 5.96. The Labute approximate surface area is 167 Å². The van der Waals surface area contributed by atoms with Gasteiger partial charge in [-0.1, -0.05) is 19.9 Å². The van der Waals surface area contributed by atoms with Crippen LogP contribution in [0.15, 0.2) is 23.1 Å². The van der Waals surface area contributed by atoms with Gasteiger partial charge >= 0.3 is 5.97 Å². The van der Waals surface area contributed by atoms with E-state index in [2.05, 4.69) is 14.1 Å². The number of sulfonamides is 1. The van der Waals surface area contributed by atoms with Gasteiger partial charge < -0.3 is 10.4 Å². The maximum absolute atomic E-state index is 13.1. The Morgan fingerprint density at radius 3 is 2.75 bits per heavy atom. The fourth-order valence-corrected chi connectivity index (χ4v) is 5.56. The summed E-state index contributed by atoms with van der Waals surface area (Å²) >= 11 is 0.945. The summed E-state index contributed by atoms with van der Waals surface area (Å²) in [5.41, 5.74) is 0.837. The van der Waals surface area contributed by atoms with Crippen LogP contribution in [0.25, 0.3) is 11.0 Å². The second-order valence-corrected chi connectivity index (χ2v) is 9.59. The Bertz CT molecular complexity index is 988. The number of carbonyl (C=O) groups is 2. The average Bonchev–Trinajstić information content (AvgIpc) is 3.14. The number of hydrogen-bond acceptors (Lipinski definition) is 7. The molecule has 0 aliphatic carbocycles. The van der Waals surface area contributed by atoms with Gasteiger partial charge in [-0.2, -0.15) is 13.1 Å². The van der Waals surface area contributed by atoms with Crippen molar-refractivity contribution in [1.82, 2.24) is 18.4 Å². The highest BCUT2D eigenvalue weighted by Crippen LogP contribution is 2.28. The second kappa shape index (κ2) is 8.10. The minimum atomic E-state index is -3.84. The van der Waals surface area contributed by atoms with Crippen molar-refractivity contribution in [3.05, 3.63) is 18.2 Å². The quantitative estimate of drug-likeness (QED) is 0.712. The van der Waals surface area contributed by atoms with Crippen LogP contribution in [0.3, 0.4) is 0 Å². The van der Waals surface area contributed by atoms with Crippen molar-refractivity contribution in [3.63, 3.8) is 0 Å². The van der Waals surface area contributed by atoms with Gasteiger partial charge in [0.15, 0.2) is 0 Å². The molecule has 3 rings (SSSR count). The van der Waals surface area contributed by atoms with Gasteiger partial charge in [0.1, 0.15) is 22.0 Å². The van der Waals surface area contributed by atoms with Gasteiger partial charge in [0.2, 0.25) is 15.9 Å². The number of rotatable bonds is 6. The molecular weight excluding hydrogens is 404 g/mol. The highest BCUT2D eigenvalue weighted by molar-refractivity contribution is 7.89. The Morgan fingerprint density at radius 1 is 1.32 bits per heavy atom. The van der Waals surface area contributed by atoms with Crippen molar-refractivity contribution < 1.29 is 23.1 Å². The molecule has 9 nitrogen and oxygen atoms in total. The third-order valence-corrected chi connectivity index (χ3v) is 7.29. The summed E-state index contributed by atoms with van der Waals surface area (Å²) in [4.78, 5) is 24.0. The lowest BCUT2D eigenvalue weighted by Gasteiger charge is -2.32.